The standard InChI is InChI=1S/C13H20N6/c1-4-14-13-17-10(2)8-12(18-13)16-11(3)9-19-7-5-6-15-19/h5-8,11H,4,9H2,1-3H3,(H2,14,16,17,18). The van der Waals surface area contributed by atoms with Gasteiger partial charge in [0.25, 0.3) is 0 Å². The van der Waals surface area contributed by atoms with Gasteiger partial charge in [0, 0.05) is 36.7 Å². The molecule has 102 valence electrons. The summed E-state index contributed by atoms with van der Waals surface area (Å²) in [6.45, 7) is 7.70. The summed E-state index contributed by atoms with van der Waals surface area (Å²) in [5, 5.41) is 10.7. The van der Waals surface area contributed by atoms with Crippen LogP contribution in [0.2, 0.25) is 0 Å². The summed E-state index contributed by atoms with van der Waals surface area (Å²) in [5.74, 6) is 1.50. The van der Waals surface area contributed by atoms with Gasteiger partial charge in [-0.05, 0) is 26.8 Å². The summed E-state index contributed by atoms with van der Waals surface area (Å²) in [5.41, 5.74) is 0.944. The Morgan fingerprint density at radius 2 is 2.21 bits per heavy atom. The quantitative estimate of drug-likeness (QED) is 0.830. The van der Waals surface area contributed by atoms with Gasteiger partial charge in [-0.15, -0.1) is 0 Å². The summed E-state index contributed by atoms with van der Waals surface area (Å²) in [6, 6.07) is 4.11. The van der Waals surface area contributed by atoms with E-state index in [2.05, 4.69) is 32.6 Å². The fourth-order valence-corrected chi connectivity index (χ4v) is 1.87. The van der Waals surface area contributed by atoms with Crippen molar-refractivity contribution in [2.75, 3.05) is 17.2 Å². The molecule has 2 heterocycles. The SMILES string of the molecule is CCNc1nc(C)cc(NC(C)Cn2cccn2)n1. The molecule has 2 aromatic rings. The Kier molecular flexibility index (Phi) is 4.33. The summed E-state index contributed by atoms with van der Waals surface area (Å²) >= 11 is 0. The van der Waals surface area contributed by atoms with Gasteiger partial charge in [0.1, 0.15) is 5.82 Å². The number of aromatic nitrogens is 4. The van der Waals surface area contributed by atoms with Crippen LogP contribution in [0.4, 0.5) is 11.8 Å². The van der Waals surface area contributed by atoms with Crippen LogP contribution in [-0.2, 0) is 6.54 Å². The molecule has 0 aliphatic heterocycles. The first-order chi connectivity index (χ1) is 9.17. The van der Waals surface area contributed by atoms with Gasteiger partial charge in [-0.3, -0.25) is 4.68 Å². The molecule has 0 spiro atoms. The topological polar surface area (TPSA) is 67.7 Å². The lowest BCUT2D eigenvalue weighted by Gasteiger charge is -2.15. The van der Waals surface area contributed by atoms with E-state index < -0.39 is 0 Å². The van der Waals surface area contributed by atoms with Crippen LogP contribution in [0.5, 0.6) is 0 Å². The minimum atomic E-state index is 0.240. The zero-order chi connectivity index (χ0) is 13.7. The van der Waals surface area contributed by atoms with Crippen LogP contribution < -0.4 is 10.6 Å². The zero-order valence-electron chi connectivity index (χ0n) is 11.6. The number of nitrogens with zero attached hydrogens (tertiary/aromatic N) is 4. The molecule has 0 aliphatic carbocycles. The first-order valence-corrected chi connectivity index (χ1v) is 6.51. The van der Waals surface area contributed by atoms with E-state index in [1.165, 1.54) is 0 Å². The first kappa shape index (κ1) is 13.3. The van der Waals surface area contributed by atoms with Crippen LogP contribution in [-0.4, -0.2) is 32.3 Å². The average molecular weight is 260 g/mol. The lowest BCUT2D eigenvalue weighted by molar-refractivity contribution is 0.559. The van der Waals surface area contributed by atoms with Crippen LogP contribution in [0.3, 0.4) is 0 Å². The molecule has 0 aliphatic rings. The van der Waals surface area contributed by atoms with Crippen LogP contribution in [0.1, 0.15) is 19.5 Å². The van der Waals surface area contributed by atoms with E-state index in [4.69, 9.17) is 0 Å². The Balaban J connectivity index is 2.01. The van der Waals surface area contributed by atoms with Crippen molar-refractivity contribution < 1.29 is 0 Å². The highest BCUT2D eigenvalue weighted by Gasteiger charge is 2.06. The van der Waals surface area contributed by atoms with Crippen molar-refractivity contribution in [2.45, 2.75) is 33.4 Å². The molecule has 19 heavy (non-hydrogen) atoms. The van der Waals surface area contributed by atoms with E-state index in [1.807, 2.05) is 36.9 Å². The third kappa shape index (κ3) is 3.94. The van der Waals surface area contributed by atoms with E-state index in [9.17, 15) is 0 Å². The Labute approximate surface area is 113 Å². The van der Waals surface area contributed by atoms with Crippen LogP contribution in [0.15, 0.2) is 24.5 Å². The number of rotatable bonds is 6. The van der Waals surface area contributed by atoms with Gasteiger partial charge < -0.3 is 10.6 Å². The second-order valence-corrected chi connectivity index (χ2v) is 4.52. The number of hydrogen-bond acceptors (Lipinski definition) is 5. The molecule has 6 nitrogen and oxygen atoms in total. The Bertz CT molecular complexity index is 508. The maximum atomic E-state index is 4.43. The van der Waals surface area contributed by atoms with Crippen molar-refractivity contribution in [3.63, 3.8) is 0 Å². The molecule has 0 fully saturated rings. The molecule has 6 heteroatoms. The van der Waals surface area contributed by atoms with Gasteiger partial charge in [-0.1, -0.05) is 0 Å². The lowest BCUT2D eigenvalue weighted by atomic mass is 10.3. The van der Waals surface area contributed by atoms with Crippen molar-refractivity contribution >= 4 is 11.8 Å². The lowest BCUT2D eigenvalue weighted by Crippen LogP contribution is -2.23. The molecule has 2 N–H and O–H groups in total. The predicted molar refractivity (Wildman–Crippen MR) is 76.2 cm³/mol. The fourth-order valence-electron chi connectivity index (χ4n) is 1.87. The molecular formula is C13H20N6. The highest BCUT2D eigenvalue weighted by molar-refractivity contribution is 5.42. The van der Waals surface area contributed by atoms with E-state index in [1.54, 1.807) is 6.20 Å². The highest BCUT2D eigenvalue weighted by Crippen LogP contribution is 2.11. The molecule has 1 atom stereocenters. The molecule has 0 bridgehead atoms. The van der Waals surface area contributed by atoms with E-state index in [0.29, 0.717) is 5.95 Å². The maximum Gasteiger partial charge on any atom is 0.224 e. The third-order valence-electron chi connectivity index (χ3n) is 2.60. The second-order valence-electron chi connectivity index (χ2n) is 4.52. The largest absolute Gasteiger partial charge is 0.366 e. The van der Waals surface area contributed by atoms with Crippen molar-refractivity contribution in [1.29, 1.82) is 0 Å². The maximum absolute atomic E-state index is 4.43. The average Bonchev–Trinajstić information content (AvgIpc) is 2.81. The minimum Gasteiger partial charge on any atom is -0.366 e. The van der Waals surface area contributed by atoms with Gasteiger partial charge in [0.15, 0.2) is 0 Å². The van der Waals surface area contributed by atoms with Gasteiger partial charge >= 0.3 is 0 Å². The van der Waals surface area contributed by atoms with Crippen LogP contribution >= 0.6 is 0 Å². The van der Waals surface area contributed by atoms with Gasteiger partial charge in [0.2, 0.25) is 5.95 Å². The monoisotopic (exact) mass is 260 g/mol. The molecule has 0 aromatic carbocycles. The van der Waals surface area contributed by atoms with E-state index >= 15 is 0 Å². The molecule has 0 saturated carbocycles. The Morgan fingerprint density at radius 3 is 2.89 bits per heavy atom. The summed E-state index contributed by atoms with van der Waals surface area (Å²) in [6.07, 6.45) is 3.73. The first-order valence-electron chi connectivity index (χ1n) is 6.51. The second kappa shape index (κ2) is 6.17. The van der Waals surface area contributed by atoms with Crippen LogP contribution in [0.25, 0.3) is 0 Å². The molecule has 0 amide bonds. The Hall–Kier alpha value is -2.11. The number of aryl methyl sites for hydroxylation is 1. The molecular weight excluding hydrogens is 240 g/mol. The predicted octanol–water partition coefficient (Wildman–Crippen LogP) is 1.91. The third-order valence-corrected chi connectivity index (χ3v) is 2.60. The minimum absolute atomic E-state index is 0.240. The molecule has 2 rings (SSSR count). The van der Waals surface area contributed by atoms with Crippen molar-refractivity contribution in [3.05, 3.63) is 30.2 Å². The smallest absolute Gasteiger partial charge is 0.224 e. The van der Waals surface area contributed by atoms with Gasteiger partial charge in [-0.25, -0.2) is 4.98 Å². The van der Waals surface area contributed by atoms with Crippen molar-refractivity contribution in [1.82, 2.24) is 19.7 Å². The zero-order valence-corrected chi connectivity index (χ0v) is 11.6. The van der Waals surface area contributed by atoms with Gasteiger partial charge in [-0.2, -0.15) is 10.1 Å². The molecule has 2 aromatic heterocycles. The highest BCUT2D eigenvalue weighted by atomic mass is 15.3. The van der Waals surface area contributed by atoms with Crippen LogP contribution in [0, 0.1) is 6.92 Å². The molecule has 1 unspecified atom stereocenters. The Morgan fingerprint density at radius 1 is 1.37 bits per heavy atom. The van der Waals surface area contributed by atoms with E-state index in [0.717, 1.165) is 24.6 Å². The summed E-state index contributed by atoms with van der Waals surface area (Å²) < 4.78 is 1.90. The summed E-state index contributed by atoms with van der Waals surface area (Å²) in [7, 11) is 0. The van der Waals surface area contributed by atoms with E-state index in [-0.39, 0.29) is 6.04 Å². The van der Waals surface area contributed by atoms with Crippen molar-refractivity contribution in [2.24, 2.45) is 0 Å². The number of nitrogens with one attached hydrogen (secondary N) is 2. The number of hydrogen-bond donors (Lipinski definition) is 2. The number of anilines is 2. The van der Waals surface area contributed by atoms with Crippen molar-refractivity contribution in [3.8, 4) is 0 Å². The summed E-state index contributed by atoms with van der Waals surface area (Å²) in [4.78, 5) is 8.76. The molecule has 0 radical (unpaired) electrons. The van der Waals surface area contributed by atoms with Gasteiger partial charge in [0.05, 0.1) is 6.54 Å². The molecule has 0 saturated heterocycles. The fraction of sp³-hybridized carbons (Fsp3) is 0.462. The normalized spacial score (nSPS) is 12.2.